The molecule has 1 aliphatic heterocycles. The Morgan fingerprint density at radius 3 is 2.96 bits per heavy atom. The second kappa shape index (κ2) is 6.01. The molecule has 0 radical (unpaired) electrons. The summed E-state index contributed by atoms with van der Waals surface area (Å²) in [6.45, 7) is 0.479. The molecule has 3 heterocycles. The standard InChI is InChI=1S/C17H19ClFN3O2/c18-11-4-5-13-21-14(15(19)22(13)9-11)16(23)20-12-8-17(24-10-12)6-2-1-3-7-17/h4-5,9,12H,1-3,6-8,10H2,(H,20,23)/t12-/m1/s1. The highest BCUT2D eigenvalue weighted by atomic mass is 35.5. The van der Waals surface area contributed by atoms with Crippen molar-refractivity contribution in [2.45, 2.75) is 50.2 Å². The molecular formula is C17H19ClFN3O2. The number of hydrogen-bond acceptors (Lipinski definition) is 3. The quantitative estimate of drug-likeness (QED) is 0.902. The third-order valence-corrected chi connectivity index (χ3v) is 5.27. The highest BCUT2D eigenvalue weighted by molar-refractivity contribution is 6.30. The lowest BCUT2D eigenvalue weighted by Crippen LogP contribution is -2.37. The van der Waals surface area contributed by atoms with Gasteiger partial charge in [0.1, 0.15) is 5.65 Å². The summed E-state index contributed by atoms with van der Waals surface area (Å²) in [5.41, 5.74) is 0.0524. The minimum Gasteiger partial charge on any atom is -0.373 e. The second-order valence-corrected chi connectivity index (χ2v) is 7.19. The Balaban J connectivity index is 1.50. The molecule has 2 aromatic rings. The van der Waals surface area contributed by atoms with Gasteiger partial charge in [-0.25, -0.2) is 4.98 Å². The molecular weight excluding hydrogens is 333 g/mol. The monoisotopic (exact) mass is 351 g/mol. The van der Waals surface area contributed by atoms with Gasteiger partial charge in [0.25, 0.3) is 5.91 Å². The molecule has 24 heavy (non-hydrogen) atoms. The Morgan fingerprint density at radius 2 is 2.17 bits per heavy atom. The Bertz CT molecular complexity index is 785. The average molecular weight is 352 g/mol. The van der Waals surface area contributed by atoms with Crippen molar-refractivity contribution in [3.05, 3.63) is 35.0 Å². The van der Waals surface area contributed by atoms with Crippen LogP contribution in [0.2, 0.25) is 5.02 Å². The van der Waals surface area contributed by atoms with Crippen LogP contribution < -0.4 is 5.32 Å². The van der Waals surface area contributed by atoms with Crippen LogP contribution in [0.25, 0.3) is 5.65 Å². The van der Waals surface area contributed by atoms with E-state index in [1.54, 1.807) is 12.1 Å². The molecule has 1 spiro atoms. The molecule has 1 amide bonds. The van der Waals surface area contributed by atoms with E-state index in [9.17, 15) is 9.18 Å². The lowest BCUT2D eigenvalue weighted by atomic mass is 9.82. The highest BCUT2D eigenvalue weighted by Crippen LogP contribution is 2.39. The molecule has 1 N–H and O–H groups in total. The molecule has 4 rings (SSSR count). The number of carbonyl (C=O) groups excluding carboxylic acids is 1. The number of aromatic nitrogens is 2. The zero-order valence-electron chi connectivity index (χ0n) is 13.2. The zero-order valence-corrected chi connectivity index (χ0v) is 14.0. The van der Waals surface area contributed by atoms with Crippen molar-refractivity contribution in [1.29, 1.82) is 0 Å². The van der Waals surface area contributed by atoms with Crippen molar-refractivity contribution in [3.63, 3.8) is 0 Å². The molecule has 0 unspecified atom stereocenters. The van der Waals surface area contributed by atoms with Crippen molar-refractivity contribution in [2.75, 3.05) is 6.61 Å². The van der Waals surface area contributed by atoms with E-state index in [4.69, 9.17) is 16.3 Å². The van der Waals surface area contributed by atoms with Gasteiger partial charge in [0, 0.05) is 6.20 Å². The molecule has 1 saturated heterocycles. The molecule has 0 aromatic carbocycles. The molecule has 2 aliphatic rings. The fourth-order valence-corrected chi connectivity index (χ4v) is 4.03. The van der Waals surface area contributed by atoms with Crippen LogP contribution in [0.1, 0.15) is 49.0 Å². The summed E-state index contributed by atoms with van der Waals surface area (Å²) in [6, 6.07) is 3.10. The first kappa shape index (κ1) is 15.8. The first-order chi connectivity index (χ1) is 11.6. The molecule has 1 saturated carbocycles. The number of ether oxygens (including phenoxy) is 1. The van der Waals surface area contributed by atoms with E-state index in [1.807, 2.05) is 0 Å². The first-order valence-corrected chi connectivity index (χ1v) is 8.72. The van der Waals surface area contributed by atoms with Gasteiger partial charge in [-0.05, 0) is 31.4 Å². The predicted molar refractivity (Wildman–Crippen MR) is 87.8 cm³/mol. The summed E-state index contributed by atoms with van der Waals surface area (Å²) in [5.74, 6) is -1.20. The molecule has 2 fully saturated rings. The number of nitrogens with zero attached hydrogens (tertiary/aromatic N) is 2. The maximum atomic E-state index is 14.4. The van der Waals surface area contributed by atoms with Gasteiger partial charge in [0.15, 0.2) is 5.69 Å². The van der Waals surface area contributed by atoms with E-state index in [2.05, 4.69) is 10.3 Å². The third kappa shape index (κ3) is 2.78. The summed E-state index contributed by atoms with van der Waals surface area (Å²) in [5, 5.41) is 3.25. The van der Waals surface area contributed by atoms with Gasteiger partial charge in [0.2, 0.25) is 5.95 Å². The van der Waals surface area contributed by atoms with Gasteiger partial charge >= 0.3 is 0 Å². The SMILES string of the molecule is O=C(N[C@H]1COC2(CCCCC2)C1)c1nc2ccc(Cl)cn2c1F. The van der Waals surface area contributed by atoms with Crippen molar-refractivity contribution in [3.8, 4) is 0 Å². The van der Waals surface area contributed by atoms with Crippen molar-refractivity contribution < 1.29 is 13.9 Å². The Kier molecular flexibility index (Phi) is 3.96. The zero-order chi connectivity index (χ0) is 16.7. The number of pyridine rings is 1. The number of nitrogens with one attached hydrogen (secondary N) is 1. The summed E-state index contributed by atoms with van der Waals surface area (Å²) >= 11 is 5.87. The van der Waals surface area contributed by atoms with Crippen molar-refractivity contribution in [2.24, 2.45) is 0 Å². The van der Waals surface area contributed by atoms with E-state index < -0.39 is 11.9 Å². The molecule has 0 bridgehead atoms. The summed E-state index contributed by atoms with van der Waals surface area (Å²) in [4.78, 5) is 16.5. The van der Waals surface area contributed by atoms with E-state index in [1.165, 1.54) is 29.9 Å². The first-order valence-electron chi connectivity index (χ1n) is 8.34. The van der Waals surface area contributed by atoms with E-state index in [0.29, 0.717) is 17.3 Å². The fourth-order valence-electron chi connectivity index (χ4n) is 3.87. The van der Waals surface area contributed by atoms with Crippen LogP contribution in [0.15, 0.2) is 18.3 Å². The van der Waals surface area contributed by atoms with Crippen molar-refractivity contribution in [1.82, 2.24) is 14.7 Å². The van der Waals surface area contributed by atoms with Gasteiger partial charge in [-0.2, -0.15) is 4.39 Å². The van der Waals surface area contributed by atoms with Gasteiger partial charge in [0.05, 0.1) is 23.3 Å². The lowest BCUT2D eigenvalue weighted by Gasteiger charge is -2.32. The Morgan fingerprint density at radius 1 is 1.38 bits per heavy atom. The van der Waals surface area contributed by atoms with E-state index >= 15 is 0 Å². The van der Waals surface area contributed by atoms with Crippen LogP contribution in [0, 0.1) is 5.95 Å². The maximum absolute atomic E-state index is 14.4. The summed E-state index contributed by atoms with van der Waals surface area (Å²) in [6.07, 6.45) is 7.87. The van der Waals surface area contributed by atoms with Crippen LogP contribution >= 0.6 is 11.6 Å². The van der Waals surface area contributed by atoms with Crippen LogP contribution in [0.3, 0.4) is 0 Å². The molecule has 2 aromatic heterocycles. The minimum atomic E-state index is -0.698. The maximum Gasteiger partial charge on any atom is 0.274 e. The van der Waals surface area contributed by atoms with E-state index in [0.717, 1.165) is 19.3 Å². The smallest absolute Gasteiger partial charge is 0.274 e. The van der Waals surface area contributed by atoms with Gasteiger partial charge < -0.3 is 10.1 Å². The molecule has 1 atom stereocenters. The number of fused-ring (bicyclic) bond motifs is 1. The van der Waals surface area contributed by atoms with Crippen LogP contribution in [-0.2, 0) is 4.74 Å². The van der Waals surface area contributed by atoms with Crippen LogP contribution in [-0.4, -0.2) is 33.5 Å². The number of amides is 1. The normalized spacial score (nSPS) is 23.0. The number of hydrogen-bond donors (Lipinski definition) is 1. The minimum absolute atomic E-state index is 0.0941. The molecule has 128 valence electrons. The predicted octanol–water partition coefficient (Wildman–Crippen LogP) is 3.35. The van der Waals surface area contributed by atoms with Gasteiger partial charge in [-0.1, -0.05) is 30.9 Å². The summed E-state index contributed by atoms with van der Waals surface area (Å²) < 4.78 is 21.6. The number of imidazole rings is 1. The second-order valence-electron chi connectivity index (χ2n) is 6.76. The van der Waals surface area contributed by atoms with E-state index in [-0.39, 0.29) is 17.3 Å². The van der Waals surface area contributed by atoms with Crippen LogP contribution in [0.5, 0.6) is 0 Å². The largest absolute Gasteiger partial charge is 0.373 e. The number of carbonyl (C=O) groups is 1. The molecule has 5 nitrogen and oxygen atoms in total. The third-order valence-electron chi connectivity index (χ3n) is 5.05. The Labute approximate surface area is 144 Å². The van der Waals surface area contributed by atoms with Crippen molar-refractivity contribution >= 4 is 23.2 Å². The van der Waals surface area contributed by atoms with Gasteiger partial charge in [-0.15, -0.1) is 0 Å². The highest BCUT2D eigenvalue weighted by Gasteiger charge is 2.41. The fraction of sp³-hybridized carbons (Fsp3) is 0.529. The lowest BCUT2D eigenvalue weighted by molar-refractivity contribution is -0.0246. The van der Waals surface area contributed by atoms with Crippen LogP contribution in [0.4, 0.5) is 4.39 Å². The average Bonchev–Trinajstić information content (AvgIpc) is 3.10. The summed E-state index contributed by atoms with van der Waals surface area (Å²) in [7, 11) is 0. The topological polar surface area (TPSA) is 55.6 Å². The Hall–Kier alpha value is -1.66. The molecule has 1 aliphatic carbocycles. The molecule has 7 heteroatoms. The number of halogens is 2. The van der Waals surface area contributed by atoms with Gasteiger partial charge in [-0.3, -0.25) is 9.20 Å². The number of rotatable bonds is 2.